The van der Waals surface area contributed by atoms with Crippen LogP contribution in [-0.2, 0) is 11.4 Å². The molecule has 1 aliphatic heterocycles. The number of hydrogen-bond acceptors (Lipinski definition) is 6. The number of aromatic nitrogens is 2. The molecular weight excluding hydrogens is 356 g/mol. The Balaban J connectivity index is 0.00000196. The van der Waals surface area contributed by atoms with Crippen LogP contribution in [0.4, 0.5) is 5.69 Å². The van der Waals surface area contributed by atoms with Gasteiger partial charge in [-0.05, 0) is 62.0 Å². The third kappa shape index (κ3) is 3.99. The van der Waals surface area contributed by atoms with Gasteiger partial charge in [-0.3, -0.25) is 4.79 Å². The number of nitrogens with zero attached hydrogens (tertiary/aromatic N) is 2. The van der Waals surface area contributed by atoms with E-state index in [1.54, 1.807) is 6.92 Å². The molecule has 1 aliphatic carbocycles. The van der Waals surface area contributed by atoms with Crippen LogP contribution in [0.5, 0.6) is 5.75 Å². The summed E-state index contributed by atoms with van der Waals surface area (Å²) in [6, 6.07) is 7.36. The van der Waals surface area contributed by atoms with Crippen molar-refractivity contribution >= 4 is 24.0 Å². The first-order chi connectivity index (χ1) is 12.1. The number of benzene rings is 1. The maximum absolute atomic E-state index is 12.5. The van der Waals surface area contributed by atoms with Crippen molar-refractivity contribution in [1.29, 1.82) is 0 Å². The van der Waals surface area contributed by atoms with Gasteiger partial charge in [0.1, 0.15) is 5.75 Å². The Labute approximate surface area is 158 Å². The smallest absolute Gasteiger partial charge is 0.228 e. The minimum absolute atomic E-state index is 0. The van der Waals surface area contributed by atoms with Gasteiger partial charge >= 0.3 is 0 Å². The molecule has 4 rings (SSSR count). The van der Waals surface area contributed by atoms with Crippen molar-refractivity contribution in [1.82, 2.24) is 15.5 Å². The Bertz CT molecular complexity index is 756. The number of carbonyl (C=O) groups is 1. The highest BCUT2D eigenvalue weighted by atomic mass is 35.5. The summed E-state index contributed by atoms with van der Waals surface area (Å²) in [5.41, 5.74) is 1.05. The van der Waals surface area contributed by atoms with Crippen molar-refractivity contribution in [2.24, 2.45) is 11.3 Å². The quantitative estimate of drug-likeness (QED) is 0.831. The number of amides is 1. The lowest BCUT2D eigenvalue weighted by Crippen LogP contribution is -2.31. The largest absolute Gasteiger partial charge is 0.485 e. The Kier molecular flexibility index (Phi) is 5.48. The van der Waals surface area contributed by atoms with Gasteiger partial charge < -0.3 is 19.9 Å². The van der Waals surface area contributed by atoms with Crippen LogP contribution in [0.2, 0.25) is 0 Å². The normalized spacial score (nSPS) is 20.3. The van der Waals surface area contributed by atoms with Crippen LogP contribution in [0.3, 0.4) is 0 Å². The average molecular weight is 379 g/mol. The lowest BCUT2D eigenvalue weighted by atomic mass is 9.92. The zero-order valence-corrected chi connectivity index (χ0v) is 15.5. The van der Waals surface area contributed by atoms with E-state index in [4.69, 9.17) is 9.26 Å². The number of carbonyl (C=O) groups excluding carboxylic acids is 1. The molecule has 140 valence electrons. The molecule has 26 heavy (non-hydrogen) atoms. The van der Waals surface area contributed by atoms with Gasteiger partial charge in [-0.1, -0.05) is 5.16 Å². The van der Waals surface area contributed by atoms with E-state index in [1.807, 2.05) is 24.3 Å². The zero-order chi connectivity index (χ0) is 17.3. The third-order valence-electron chi connectivity index (χ3n) is 5.16. The van der Waals surface area contributed by atoms with Gasteiger partial charge in [0, 0.05) is 18.5 Å². The highest BCUT2D eigenvalue weighted by Gasteiger charge is 2.57. The van der Waals surface area contributed by atoms with Crippen LogP contribution in [0.15, 0.2) is 28.8 Å². The predicted octanol–water partition coefficient (Wildman–Crippen LogP) is 2.71. The van der Waals surface area contributed by atoms with Gasteiger partial charge in [-0.25, -0.2) is 0 Å². The average Bonchev–Trinajstić information content (AvgIpc) is 3.14. The first kappa shape index (κ1) is 18.7. The molecular formula is C18H23ClN4O3. The van der Waals surface area contributed by atoms with Crippen LogP contribution in [0.1, 0.15) is 31.0 Å². The highest BCUT2D eigenvalue weighted by Crippen LogP contribution is 2.58. The van der Waals surface area contributed by atoms with Crippen LogP contribution < -0.4 is 15.4 Å². The van der Waals surface area contributed by atoms with Crippen LogP contribution in [-0.4, -0.2) is 29.1 Å². The molecule has 2 aromatic rings. The van der Waals surface area contributed by atoms with E-state index in [0.29, 0.717) is 17.5 Å². The van der Waals surface area contributed by atoms with Crippen LogP contribution in [0.25, 0.3) is 0 Å². The molecule has 1 saturated heterocycles. The number of nitrogens with one attached hydrogen (secondary N) is 2. The minimum Gasteiger partial charge on any atom is -0.485 e. The van der Waals surface area contributed by atoms with Crippen LogP contribution >= 0.6 is 12.4 Å². The molecule has 7 nitrogen and oxygen atoms in total. The molecule has 8 heteroatoms. The molecule has 2 fully saturated rings. The second-order valence-electron chi connectivity index (χ2n) is 6.90. The molecule has 1 aromatic carbocycles. The fourth-order valence-corrected chi connectivity index (χ4v) is 3.61. The van der Waals surface area contributed by atoms with Crippen molar-refractivity contribution in [3.8, 4) is 5.75 Å². The number of rotatable bonds is 5. The molecule has 2 aliphatic rings. The third-order valence-corrected chi connectivity index (χ3v) is 5.16. The summed E-state index contributed by atoms with van der Waals surface area (Å²) in [5.74, 6) is 2.02. The van der Waals surface area contributed by atoms with Gasteiger partial charge in [0.05, 0.1) is 0 Å². The molecule has 1 saturated carbocycles. The summed E-state index contributed by atoms with van der Waals surface area (Å²) >= 11 is 0. The van der Waals surface area contributed by atoms with E-state index in [-0.39, 0.29) is 36.3 Å². The van der Waals surface area contributed by atoms with Gasteiger partial charge in [0.15, 0.2) is 6.61 Å². The summed E-state index contributed by atoms with van der Waals surface area (Å²) in [6.45, 7) is 4.04. The standard InChI is InChI=1S/C18H22N4O3.ClH/c1-12-20-16(22-25-12)11-24-14-4-2-13(3-5-14)21-17(23)15-10-18(15)6-8-19-9-7-18;/h2-5,15,19H,6-11H2,1H3,(H,21,23);1H. The van der Waals surface area contributed by atoms with Crippen LogP contribution in [0, 0.1) is 18.3 Å². The molecule has 1 unspecified atom stereocenters. The van der Waals surface area contributed by atoms with Gasteiger partial charge in [-0.15, -0.1) is 12.4 Å². The molecule has 2 heterocycles. The maximum Gasteiger partial charge on any atom is 0.228 e. The monoisotopic (exact) mass is 378 g/mol. The van der Waals surface area contributed by atoms with Crippen molar-refractivity contribution in [2.45, 2.75) is 32.8 Å². The van der Waals surface area contributed by atoms with Crippen molar-refractivity contribution in [3.05, 3.63) is 36.0 Å². The van der Waals surface area contributed by atoms with E-state index < -0.39 is 0 Å². The van der Waals surface area contributed by atoms with Crippen molar-refractivity contribution in [2.75, 3.05) is 18.4 Å². The Hall–Kier alpha value is -2.12. The van der Waals surface area contributed by atoms with E-state index in [1.165, 1.54) is 0 Å². The molecule has 1 atom stereocenters. The number of piperidine rings is 1. The second kappa shape index (κ2) is 7.63. The molecule has 1 amide bonds. The molecule has 0 radical (unpaired) electrons. The second-order valence-corrected chi connectivity index (χ2v) is 6.90. The summed E-state index contributed by atoms with van der Waals surface area (Å²) < 4.78 is 10.5. The number of halogens is 1. The lowest BCUT2D eigenvalue weighted by molar-refractivity contribution is -0.118. The highest BCUT2D eigenvalue weighted by molar-refractivity contribution is 5.95. The van der Waals surface area contributed by atoms with E-state index >= 15 is 0 Å². The van der Waals surface area contributed by atoms with Crippen molar-refractivity contribution in [3.63, 3.8) is 0 Å². The van der Waals surface area contributed by atoms with E-state index in [9.17, 15) is 4.79 Å². The number of ether oxygens (including phenoxy) is 1. The molecule has 2 N–H and O–H groups in total. The topological polar surface area (TPSA) is 89.3 Å². The summed E-state index contributed by atoms with van der Waals surface area (Å²) in [7, 11) is 0. The zero-order valence-electron chi connectivity index (χ0n) is 14.7. The lowest BCUT2D eigenvalue weighted by Gasteiger charge is -2.23. The molecule has 1 aromatic heterocycles. The van der Waals surface area contributed by atoms with Gasteiger partial charge in [0.25, 0.3) is 0 Å². The summed E-state index contributed by atoms with van der Waals surface area (Å²) in [5, 5.41) is 10.2. The first-order valence-corrected chi connectivity index (χ1v) is 8.68. The van der Waals surface area contributed by atoms with Gasteiger partial charge in [0.2, 0.25) is 17.6 Å². The fraction of sp³-hybridized carbons (Fsp3) is 0.500. The maximum atomic E-state index is 12.5. The predicted molar refractivity (Wildman–Crippen MR) is 98.3 cm³/mol. The number of aryl methyl sites for hydroxylation is 1. The Morgan fingerprint density at radius 2 is 2.08 bits per heavy atom. The SMILES string of the molecule is Cc1nc(COc2ccc(NC(=O)C3CC34CCNCC4)cc2)no1.Cl. The Morgan fingerprint density at radius 1 is 1.35 bits per heavy atom. The summed E-state index contributed by atoms with van der Waals surface area (Å²) in [6.07, 6.45) is 3.23. The molecule has 1 spiro atoms. The number of anilines is 1. The van der Waals surface area contributed by atoms with Gasteiger partial charge in [-0.2, -0.15) is 4.98 Å². The van der Waals surface area contributed by atoms with E-state index in [0.717, 1.165) is 38.0 Å². The summed E-state index contributed by atoms with van der Waals surface area (Å²) in [4.78, 5) is 16.5. The first-order valence-electron chi connectivity index (χ1n) is 8.68. The minimum atomic E-state index is 0. The molecule has 0 bridgehead atoms. The van der Waals surface area contributed by atoms with Crippen molar-refractivity contribution < 1.29 is 14.1 Å². The van der Waals surface area contributed by atoms with E-state index in [2.05, 4.69) is 20.8 Å². The fourth-order valence-electron chi connectivity index (χ4n) is 3.61. The Morgan fingerprint density at radius 3 is 2.73 bits per heavy atom. The number of hydrogen-bond donors (Lipinski definition) is 2.